The molecule has 0 radical (unpaired) electrons. The van der Waals surface area contributed by atoms with Crippen molar-refractivity contribution in [3.05, 3.63) is 60.2 Å². The van der Waals surface area contributed by atoms with Crippen LogP contribution in [-0.2, 0) is 6.54 Å². The molecule has 8 nitrogen and oxygen atoms in total. The van der Waals surface area contributed by atoms with E-state index in [0.717, 1.165) is 11.3 Å². The van der Waals surface area contributed by atoms with Gasteiger partial charge in [0, 0.05) is 17.4 Å². The molecule has 27 heavy (non-hydrogen) atoms. The quantitative estimate of drug-likeness (QED) is 0.699. The van der Waals surface area contributed by atoms with Crippen molar-refractivity contribution in [1.29, 1.82) is 0 Å². The molecule has 1 aromatic heterocycles. The molecule has 0 bridgehead atoms. The molecular weight excluding hydrogens is 346 g/mol. The lowest BCUT2D eigenvalue weighted by molar-refractivity contribution is 0.251. The number of hydrogen-bond donors (Lipinski definition) is 2. The van der Waals surface area contributed by atoms with Crippen LogP contribution in [0.5, 0.6) is 11.5 Å². The Kier molecular flexibility index (Phi) is 5.55. The second-order valence-corrected chi connectivity index (χ2v) is 5.78. The summed E-state index contributed by atoms with van der Waals surface area (Å²) in [4.78, 5) is 12.3. The van der Waals surface area contributed by atoms with E-state index in [2.05, 4.69) is 20.8 Å². The van der Waals surface area contributed by atoms with Crippen LogP contribution in [-0.4, -0.2) is 35.0 Å². The highest BCUT2D eigenvalue weighted by Crippen LogP contribution is 2.32. The fraction of sp³-hybridized carbons (Fsp3) is 0.211. The smallest absolute Gasteiger partial charge is 0.319 e. The molecule has 0 aliphatic heterocycles. The molecule has 0 spiro atoms. The maximum Gasteiger partial charge on any atom is 0.319 e. The molecule has 0 saturated heterocycles. The highest BCUT2D eigenvalue weighted by atomic mass is 16.5. The second-order valence-electron chi connectivity index (χ2n) is 5.78. The zero-order valence-corrected chi connectivity index (χ0v) is 15.4. The number of urea groups is 1. The number of aryl methyl sites for hydroxylation is 1. The van der Waals surface area contributed by atoms with Crippen LogP contribution in [0.25, 0.3) is 5.69 Å². The third kappa shape index (κ3) is 4.17. The fourth-order valence-corrected chi connectivity index (χ4v) is 2.62. The number of benzene rings is 2. The van der Waals surface area contributed by atoms with Gasteiger partial charge in [0.15, 0.2) is 17.3 Å². The Balaban J connectivity index is 1.67. The van der Waals surface area contributed by atoms with Crippen LogP contribution in [0, 0.1) is 6.92 Å². The standard InChI is InChI=1S/C19H21N5O3/c1-13-9-16(26-2)17(27-3)10-15(13)22-19(25)20-11-18-23-21-12-24(18)14-7-5-4-6-8-14/h4-10,12H,11H2,1-3H3,(H2,20,22,25). The van der Waals surface area contributed by atoms with Crippen molar-refractivity contribution in [2.45, 2.75) is 13.5 Å². The van der Waals surface area contributed by atoms with Crippen LogP contribution in [0.4, 0.5) is 10.5 Å². The molecule has 3 rings (SSSR count). The zero-order chi connectivity index (χ0) is 19.2. The summed E-state index contributed by atoms with van der Waals surface area (Å²) < 4.78 is 12.4. The highest BCUT2D eigenvalue weighted by Gasteiger charge is 2.12. The average Bonchev–Trinajstić information content (AvgIpc) is 3.17. The van der Waals surface area contributed by atoms with Crippen molar-refractivity contribution in [2.75, 3.05) is 19.5 Å². The predicted molar refractivity (Wildman–Crippen MR) is 102 cm³/mol. The van der Waals surface area contributed by atoms with E-state index in [4.69, 9.17) is 9.47 Å². The number of carbonyl (C=O) groups is 1. The number of methoxy groups -OCH3 is 2. The number of anilines is 1. The molecule has 0 aliphatic carbocycles. The Morgan fingerprint density at radius 1 is 1.11 bits per heavy atom. The summed E-state index contributed by atoms with van der Waals surface area (Å²) in [6, 6.07) is 12.9. The van der Waals surface area contributed by atoms with Crippen molar-refractivity contribution in [3.8, 4) is 17.2 Å². The molecule has 3 aromatic rings. The molecule has 140 valence electrons. The van der Waals surface area contributed by atoms with Gasteiger partial charge in [0.2, 0.25) is 0 Å². The molecule has 2 N–H and O–H groups in total. The summed E-state index contributed by atoms with van der Waals surface area (Å²) in [5.74, 6) is 1.78. The maximum atomic E-state index is 12.3. The average molecular weight is 367 g/mol. The minimum Gasteiger partial charge on any atom is -0.493 e. The Morgan fingerprint density at radius 2 is 1.81 bits per heavy atom. The normalized spacial score (nSPS) is 10.3. The Morgan fingerprint density at radius 3 is 2.52 bits per heavy atom. The monoisotopic (exact) mass is 367 g/mol. The van der Waals surface area contributed by atoms with E-state index >= 15 is 0 Å². The molecule has 1 heterocycles. The molecular formula is C19H21N5O3. The number of amides is 2. The van der Waals surface area contributed by atoms with Crippen molar-refractivity contribution < 1.29 is 14.3 Å². The minimum atomic E-state index is -0.354. The predicted octanol–water partition coefficient (Wildman–Crippen LogP) is 2.91. The van der Waals surface area contributed by atoms with Gasteiger partial charge in [0.05, 0.1) is 20.8 Å². The summed E-state index contributed by atoms with van der Waals surface area (Å²) >= 11 is 0. The molecule has 2 aromatic carbocycles. The minimum absolute atomic E-state index is 0.229. The van der Waals surface area contributed by atoms with Gasteiger partial charge in [-0.2, -0.15) is 0 Å². The topological polar surface area (TPSA) is 90.3 Å². The van der Waals surface area contributed by atoms with E-state index in [1.54, 1.807) is 32.7 Å². The van der Waals surface area contributed by atoms with Crippen LogP contribution in [0.2, 0.25) is 0 Å². The van der Waals surface area contributed by atoms with Gasteiger partial charge in [-0.1, -0.05) is 18.2 Å². The van der Waals surface area contributed by atoms with Gasteiger partial charge in [-0.25, -0.2) is 4.79 Å². The Bertz CT molecular complexity index is 924. The maximum absolute atomic E-state index is 12.3. The first kappa shape index (κ1) is 18.2. The van der Waals surface area contributed by atoms with Gasteiger partial charge < -0.3 is 20.1 Å². The lowest BCUT2D eigenvalue weighted by Crippen LogP contribution is -2.29. The van der Waals surface area contributed by atoms with Crippen LogP contribution in [0.15, 0.2) is 48.8 Å². The van der Waals surface area contributed by atoms with Crippen molar-refractivity contribution >= 4 is 11.7 Å². The van der Waals surface area contributed by atoms with Gasteiger partial charge in [-0.05, 0) is 30.7 Å². The van der Waals surface area contributed by atoms with Crippen LogP contribution < -0.4 is 20.1 Å². The first-order chi connectivity index (χ1) is 13.1. The van der Waals surface area contributed by atoms with E-state index in [1.165, 1.54) is 0 Å². The Labute approximate surface area is 157 Å². The molecule has 0 unspecified atom stereocenters. The summed E-state index contributed by atoms with van der Waals surface area (Å²) in [5.41, 5.74) is 2.42. The number of ether oxygens (including phenoxy) is 2. The van der Waals surface area contributed by atoms with Gasteiger partial charge >= 0.3 is 6.03 Å². The largest absolute Gasteiger partial charge is 0.493 e. The number of nitrogens with one attached hydrogen (secondary N) is 2. The van der Waals surface area contributed by atoms with E-state index in [9.17, 15) is 4.79 Å². The molecule has 2 amide bonds. The van der Waals surface area contributed by atoms with Crippen LogP contribution in [0.1, 0.15) is 11.4 Å². The number of hydrogen-bond acceptors (Lipinski definition) is 5. The van der Waals surface area contributed by atoms with Gasteiger partial charge in [-0.15, -0.1) is 10.2 Å². The number of aromatic nitrogens is 3. The van der Waals surface area contributed by atoms with E-state index in [1.807, 2.05) is 41.8 Å². The summed E-state index contributed by atoms with van der Waals surface area (Å²) in [5, 5.41) is 13.6. The van der Waals surface area contributed by atoms with E-state index in [0.29, 0.717) is 23.0 Å². The zero-order valence-electron chi connectivity index (χ0n) is 15.4. The first-order valence-electron chi connectivity index (χ1n) is 8.34. The lowest BCUT2D eigenvalue weighted by Gasteiger charge is -2.14. The molecule has 0 saturated carbocycles. The van der Waals surface area contributed by atoms with Gasteiger partial charge in [0.25, 0.3) is 0 Å². The van der Waals surface area contributed by atoms with Crippen molar-refractivity contribution in [2.24, 2.45) is 0 Å². The molecule has 0 fully saturated rings. The number of rotatable bonds is 6. The molecule has 8 heteroatoms. The van der Waals surface area contributed by atoms with Crippen LogP contribution >= 0.6 is 0 Å². The number of nitrogens with zero attached hydrogens (tertiary/aromatic N) is 3. The van der Waals surface area contributed by atoms with Crippen LogP contribution in [0.3, 0.4) is 0 Å². The number of para-hydroxylation sites is 1. The number of carbonyl (C=O) groups excluding carboxylic acids is 1. The van der Waals surface area contributed by atoms with Gasteiger partial charge in [0.1, 0.15) is 6.33 Å². The van der Waals surface area contributed by atoms with Crippen molar-refractivity contribution in [3.63, 3.8) is 0 Å². The van der Waals surface area contributed by atoms with E-state index in [-0.39, 0.29) is 12.6 Å². The molecule has 0 aliphatic rings. The first-order valence-corrected chi connectivity index (χ1v) is 8.34. The fourth-order valence-electron chi connectivity index (χ4n) is 2.62. The Hall–Kier alpha value is -3.55. The van der Waals surface area contributed by atoms with E-state index < -0.39 is 0 Å². The van der Waals surface area contributed by atoms with Gasteiger partial charge in [-0.3, -0.25) is 4.57 Å². The highest BCUT2D eigenvalue weighted by molar-refractivity contribution is 5.90. The lowest BCUT2D eigenvalue weighted by atomic mass is 10.1. The summed E-state index contributed by atoms with van der Waals surface area (Å²) in [6.07, 6.45) is 1.61. The molecule has 0 atom stereocenters. The summed E-state index contributed by atoms with van der Waals surface area (Å²) in [6.45, 7) is 2.11. The third-order valence-electron chi connectivity index (χ3n) is 4.04. The third-order valence-corrected chi connectivity index (χ3v) is 4.04. The summed E-state index contributed by atoms with van der Waals surface area (Å²) in [7, 11) is 3.12. The SMILES string of the molecule is COc1cc(C)c(NC(=O)NCc2nncn2-c2ccccc2)cc1OC. The second kappa shape index (κ2) is 8.22. The van der Waals surface area contributed by atoms with Crippen molar-refractivity contribution in [1.82, 2.24) is 20.1 Å².